The molecule has 0 saturated heterocycles. The highest BCUT2D eigenvalue weighted by atomic mass is 32.1. The minimum absolute atomic E-state index is 0.152. The number of H-pyrrole nitrogens is 1. The fourth-order valence-corrected chi connectivity index (χ4v) is 3.56. The minimum atomic E-state index is -0.521. The van der Waals surface area contributed by atoms with Crippen LogP contribution in [0.1, 0.15) is 57.1 Å². The Morgan fingerprint density at radius 1 is 1.17 bits per heavy atom. The van der Waals surface area contributed by atoms with Crippen molar-refractivity contribution in [2.24, 2.45) is 0 Å². The van der Waals surface area contributed by atoms with Gasteiger partial charge >= 0.3 is 5.69 Å². The van der Waals surface area contributed by atoms with Crippen LogP contribution in [0.2, 0.25) is 0 Å². The third kappa shape index (κ3) is 5.72. The molecule has 0 atom stereocenters. The Balaban J connectivity index is 2.48. The number of nitrogens with one attached hydrogen (secondary N) is 2. The maximum atomic E-state index is 12.8. The van der Waals surface area contributed by atoms with E-state index in [-0.39, 0.29) is 11.5 Å². The number of aromatic amines is 1. The lowest BCUT2D eigenvalue weighted by molar-refractivity contribution is 0.604. The summed E-state index contributed by atoms with van der Waals surface area (Å²) in [5.74, 6) is 0.152. The smallest absolute Gasteiger partial charge is 0.330 e. The number of aromatic nitrogens is 2. The van der Waals surface area contributed by atoms with E-state index in [0.29, 0.717) is 18.2 Å². The van der Waals surface area contributed by atoms with Crippen LogP contribution >= 0.6 is 12.2 Å². The third-order valence-corrected chi connectivity index (χ3v) is 5.41. The van der Waals surface area contributed by atoms with Gasteiger partial charge in [0, 0.05) is 18.8 Å². The van der Waals surface area contributed by atoms with Gasteiger partial charge < -0.3 is 16.0 Å². The Hall–Kier alpha value is -2.61. The molecule has 1 aromatic carbocycles. The van der Waals surface area contributed by atoms with Crippen LogP contribution in [0.5, 0.6) is 0 Å². The van der Waals surface area contributed by atoms with Gasteiger partial charge in [-0.05, 0) is 56.1 Å². The molecule has 0 aliphatic carbocycles. The molecule has 4 N–H and O–H groups in total. The molecule has 0 aliphatic heterocycles. The highest BCUT2D eigenvalue weighted by molar-refractivity contribution is 7.80. The maximum absolute atomic E-state index is 12.8. The SMILES string of the molecule is CCCCCN(C(=S)Nc1cc(C)ccc1C)c1c(N)n(CCCC)c(=O)[nH]c1=O. The quantitative estimate of drug-likeness (QED) is 0.411. The van der Waals surface area contributed by atoms with Gasteiger partial charge in [0.15, 0.2) is 10.8 Å². The Labute approximate surface area is 183 Å². The van der Waals surface area contributed by atoms with E-state index in [1.165, 1.54) is 4.57 Å². The molecule has 30 heavy (non-hydrogen) atoms. The number of hydrogen-bond acceptors (Lipinski definition) is 4. The van der Waals surface area contributed by atoms with Gasteiger partial charge in [0.05, 0.1) is 0 Å². The first-order valence-corrected chi connectivity index (χ1v) is 11.0. The zero-order valence-electron chi connectivity index (χ0n) is 18.4. The molecule has 0 aliphatic rings. The second-order valence-corrected chi connectivity index (χ2v) is 7.99. The van der Waals surface area contributed by atoms with Crippen molar-refractivity contribution in [1.82, 2.24) is 9.55 Å². The monoisotopic (exact) mass is 431 g/mol. The number of thiocarbonyl (C=S) groups is 1. The molecule has 0 radical (unpaired) electrons. The first kappa shape index (κ1) is 23.7. The van der Waals surface area contributed by atoms with Gasteiger partial charge in [-0.2, -0.15) is 0 Å². The Morgan fingerprint density at radius 2 is 1.87 bits per heavy atom. The van der Waals surface area contributed by atoms with E-state index in [1.54, 1.807) is 4.90 Å². The normalized spacial score (nSPS) is 10.8. The summed E-state index contributed by atoms with van der Waals surface area (Å²) in [6.45, 7) is 9.14. The van der Waals surface area contributed by atoms with E-state index in [2.05, 4.69) is 17.2 Å². The number of nitrogens with zero attached hydrogens (tertiary/aromatic N) is 2. The molecule has 0 spiro atoms. The molecule has 2 rings (SSSR count). The van der Waals surface area contributed by atoms with Gasteiger partial charge in [0.2, 0.25) is 0 Å². The van der Waals surface area contributed by atoms with Crippen LogP contribution in [0.3, 0.4) is 0 Å². The largest absolute Gasteiger partial charge is 0.383 e. The van der Waals surface area contributed by atoms with Crippen molar-refractivity contribution < 1.29 is 0 Å². The van der Waals surface area contributed by atoms with Crippen LogP contribution < -0.4 is 27.2 Å². The van der Waals surface area contributed by atoms with E-state index in [9.17, 15) is 9.59 Å². The van der Waals surface area contributed by atoms with E-state index >= 15 is 0 Å². The topological polar surface area (TPSA) is 96.2 Å². The second kappa shape index (κ2) is 11.0. The van der Waals surface area contributed by atoms with Gasteiger partial charge in [-0.15, -0.1) is 0 Å². The molecular formula is C22H33N5O2S. The molecule has 0 unspecified atom stereocenters. The molecule has 0 bridgehead atoms. The van der Waals surface area contributed by atoms with Crippen molar-refractivity contribution in [2.45, 2.75) is 66.3 Å². The van der Waals surface area contributed by atoms with Gasteiger partial charge in [0.1, 0.15) is 5.82 Å². The lowest BCUT2D eigenvalue weighted by Gasteiger charge is -2.27. The van der Waals surface area contributed by atoms with E-state index in [1.807, 2.05) is 39.0 Å². The summed E-state index contributed by atoms with van der Waals surface area (Å²) in [4.78, 5) is 29.2. The van der Waals surface area contributed by atoms with Gasteiger partial charge in [-0.3, -0.25) is 14.3 Å². The number of unbranched alkanes of at least 4 members (excludes halogenated alkanes) is 3. The van der Waals surface area contributed by atoms with Gasteiger partial charge in [0.25, 0.3) is 5.56 Å². The zero-order chi connectivity index (χ0) is 22.3. The summed E-state index contributed by atoms with van der Waals surface area (Å²) in [5.41, 5.74) is 8.58. The van der Waals surface area contributed by atoms with Crippen molar-refractivity contribution in [3.05, 3.63) is 50.2 Å². The molecule has 0 fully saturated rings. The summed E-state index contributed by atoms with van der Waals surface area (Å²) >= 11 is 5.69. The van der Waals surface area contributed by atoms with Crippen LogP contribution in [0, 0.1) is 13.8 Å². The van der Waals surface area contributed by atoms with Crippen molar-refractivity contribution in [1.29, 1.82) is 0 Å². The number of rotatable bonds is 9. The van der Waals surface area contributed by atoms with Crippen molar-refractivity contribution in [3.8, 4) is 0 Å². The molecule has 2 aromatic rings. The lowest BCUT2D eigenvalue weighted by Crippen LogP contribution is -2.43. The van der Waals surface area contributed by atoms with Crippen molar-refractivity contribution in [3.63, 3.8) is 0 Å². The number of anilines is 3. The zero-order valence-corrected chi connectivity index (χ0v) is 19.2. The summed E-state index contributed by atoms with van der Waals surface area (Å²) < 4.78 is 1.42. The fourth-order valence-electron chi connectivity index (χ4n) is 3.26. The number of benzene rings is 1. The average Bonchev–Trinajstić information content (AvgIpc) is 2.69. The number of aryl methyl sites for hydroxylation is 2. The van der Waals surface area contributed by atoms with Crippen LogP contribution in [0.4, 0.5) is 17.2 Å². The van der Waals surface area contributed by atoms with Gasteiger partial charge in [-0.1, -0.05) is 45.2 Å². The average molecular weight is 432 g/mol. The van der Waals surface area contributed by atoms with E-state index < -0.39 is 11.2 Å². The molecule has 1 aromatic heterocycles. The standard InChI is InChI=1S/C22H33N5O2S/c1-5-7-9-13-26(22(30)24-17-14-15(3)10-11-16(17)4)18-19(23)27(12-8-6-2)21(29)25-20(18)28/h10-11,14H,5-9,12-13,23H2,1-4H3,(H,24,30)(H,25,28,29). The summed E-state index contributed by atoms with van der Waals surface area (Å²) in [7, 11) is 0. The molecule has 8 heteroatoms. The molecular weight excluding hydrogens is 398 g/mol. The summed E-state index contributed by atoms with van der Waals surface area (Å²) in [6.07, 6.45) is 4.57. The first-order valence-electron chi connectivity index (χ1n) is 10.6. The van der Waals surface area contributed by atoms with E-state index in [0.717, 1.165) is 48.9 Å². The Morgan fingerprint density at radius 3 is 2.53 bits per heavy atom. The Kier molecular flexibility index (Phi) is 8.65. The van der Waals surface area contributed by atoms with Crippen LogP contribution in [-0.2, 0) is 6.54 Å². The first-order chi connectivity index (χ1) is 14.3. The summed E-state index contributed by atoms with van der Waals surface area (Å²) in [6, 6.07) is 6.07. The lowest BCUT2D eigenvalue weighted by atomic mass is 10.1. The van der Waals surface area contributed by atoms with Gasteiger partial charge in [-0.25, -0.2) is 4.79 Å². The predicted octanol–water partition coefficient (Wildman–Crippen LogP) is 3.93. The minimum Gasteiger partial charge on any atom is -0.383 e. The number of hydrogen-bond donors (Lipinski definition) is 3. The van der Waals surface area contributed by atoms with Crippen LogP contribution in [-0.4, -0.2) is 21.2 Å². The summed E-state index contributed by atoms with van der Waals surface area (Å²) in [5, 5.41) is 3.66. The highest BCUT2D eigenvalue weighted by Crippen LogP contribution is 2.22. The molecule has 1 heterocycles. The van der Waals surface area contributed by atoms with Crippen molar-refractivity contribution >= 4 is 34.5 Å². The van der Waals surface area contributed by atoms with Crippen molar-refractivity contribution in [2.75, 3.05) is 22.5 Å². The molecule has 164 valence electrons. The number of nitrogens with two attached hydrogens (primary N) is 1. The van der Waals surface area contributed by atoms with E-state index in [4.69, 9.17) is 18.0 Å². The maximum Gasteiger partial charge on any atom is 0.330 e. The molecule has 0 saturated carbocycles. The Bertz CT molecular complexity index is 996. The number of nitrogen functional groups attached to an aromatic ring is 1. The highest BCUT2D eigenvalue weighted by Gasteiger charge is 2.22. The third-order valence-electron chi connectivity index (χ3n) is 5.08. The van der Waals surface area contributed by atoms with Crippen LogP contribution in [0.15, 0.2) is 27.8 Å². The molecule has 0 amide bonds. The second-order valence-electron chi connectivity index (χ2n) is 7.61. The predicted molar refractivity (Wildman–Crippen MR) is 130 cm³/mol. The van der Waals surface area contributed by atoms with Crippen LogP contribution in [0.25, 0.3) is 0 Å². The fraction of sp³-hybridized carbons (Fsp3) is 0.500. The molecule has 7 nitrogen and oxygen atoms in total.